The van der Waals surface area contributed by atoms with E-state index in [-0.39, 0.29) is 17.5 Å². The monoisotopic (exact) mass is 531 g/mol. The molecule has 8 nitrogen and oxygen atoms in total. The minimum Gasteiger partial charge on any atom is -0.478 e. The number of aromatic nitrogens is 2. The van der Waals surface area contributed by atoms with E-state index in [1.807, 2.05) is 60.7 Å². The van der Waals surface area contributed by atoms with Crippen molar-refractivity contribution in [2.75, 3.05) is 5.32 Å². The molecule has 1 atom stereocenters. The number of rotatable bonds is 8. The normalized spacial score (nSPS) is 11.5. The van der Waals surface area contributed by atoms with E-state index in [1.54, 1.807) is 25.1 Å². The van der Waals surface area contributed by atoms with E-state index in [0.717, 1.165) is 16.8 Å². The molecule has 1 heterocycles. The van der Waals surface area contributed by atoms with Crippen molar-refractivity contribution in [2.24, 2.45) is 0 Å². The maximum Gasteiger partial charge on any atom is 0.338 e. The van der Waals surface area contributed by atoms with Crippen LogP contribution >= 0.6 is 0 Å². The van der Waals surface area contributed by atoms with Crippen LogP contribution in [0.15, 0.2) is 103 Å². The third-order valence-electron chi connectivity index (χ3n) is 6.31. The molecule has 198 valence electrons. The van der Waals surface area contributed by atoms with Crippen LogP contribution in [-0.2, 0) is 9.53 Å². The second-order valence-corrected chi connectivity index (χ2v) is 9.03. The fourth-order valence-corrected chi connectivity index (χ4v) is 4.21. The highest BCUT2D eigenvalue weighted by Crippen LogP contribution is 2.31. The molecule has 0 radical (unpaired) electrons. The summed E-state index contributed by atoms with van der Waals surface area (Å²) < 4.78 is 5.55. The van der Waals surface area contributed by atoms with Crippen molar-refractivity contribution in [3.8, 4) is 22.5 Å². The second kappa shape index (κ2) is 11.6. The van der Waals surface area contributed by atoms with Crippen molar-refractivity contribution < 1.29 is 24.2 Å². The summed E-state index contributed by atoms with van der Waals surface area (Å²) in [5, 5.41) is 11.7. The summed E-state index contributed by atoms with van der Waals surface area (Å²) in [7, 11) is 0. The molecule has 0 bridgehead atoms. The molecule has 0 saturated carbocycles. The highest BCUT2D eigenvalue weighted by Gasteiger charge is 2.23. The van der Waals surface area contributed by atoms with Crippen LogP contribution < -0.4 is 5.32 Å². The molecule has 0 aliphatic rings. The van der Waals surface area contributed by atoms with Gasteiger partial charge in [-0.1, -0.05) is 67.6 Å². The number of ether oxygens (including phenoxy) is 1. The Morgan fingerprint density at radius 3 is 1.85 bits per heavy atom. The molecule has 2 N–H and O–H groups in total. The Bertz CT molecular complexity index is 1690. The Morgan fingerprint density at radius 2 is 1.30 bits per heavy atom. The lowest BCUT2D eigenvalue weighted by Gasteiger charge is -2.16. The van der Waals surface area contributed by atoms with E-state index in [9.17, 15) is 14.4 Å². The Kier molecular flexibility index (Phi) is 7.59. The van der Waals surface area contributed by atoms with Gasteiger partial charge in [0.15, 0.2) is 6.10 Å². The van der Waals surface area contributed by atoms with Gasteiger partial charge in [-0.2, -0.15) is 0 Å². The maximum atomic E-state index is 13.1. The van der Waals surface area contributed by atoms with Crippen LogP contribution in [0.1, 0.15) is 34.1 Å². The molecule has 40 heavy (non-hydrogen) atoms. The number of carbonyl (C=O) groups excluding carboxylic acids is 2. The Morgan fingerprint density at radius 1 is 0.750 bits per heavy atom. The highest BCUT2D eigenvalue weighted by atomic mass is 16.5. The van der Waals surface area contributed by atoms with Crippen molar-refractivity contribution in [2.45, 2.75) is 19.4 Å². The van der Waals surface area contributed by atoms with Crippen LogP contribution in [0.3, 0.4) is 0 Å². The van der Waals surface area contributed by atoms with Crippen molar-refractivity contribution in [1.29, 1.82) is 0 Å². The largest absolute Gasteiger partial charge is 0.478 e. The fourth-order valence-electron chi connectivity index (χ4n) is 4.21. The van der Waals surface area contributed by atoms with Gasteiger partial charge in [-0.3, -0.25) is 4.79 Å². The number of anilines is 1. The maximum absolute atomic E-state index is 13.1. The van der Waals surface area contributed by atoms with Crippen LogP contribution in [0.5, 0.6) is 0 Å². The number of nitrogens with one attached hydrogen (secondary N) is 1. The molecule has 5 aromatic rings. The van der Waals surface area contributed by atoms with Crippen molar-refractivity contribution in [3.05, 3.63) is 114 Å². The standard InChI is InChI=1S/C32H25N3O5/c1-2-27(30(36)33-24-16-13-22(14-17-24)31(37)38)40-32(39)23-15-18-25-26(19-23)35-29(21-11-7-4-8-12-21)28(34-25)20-9-5-3-6-10-20/h3-19,27H,2H2,1H3,(H,33,36)(H,37,38). The van der Waals surface area contributed by atoms with Gasteiger partial charge in [0.05, 0.1) is 33.5 Å². The van der Waals surface area contributed by atoms with Crippen LogP contribution in [0.2, 0.25) is 0 Å². The quantitative estimate of drug-likeness (QED) is 0.228. The molecule has 1 aromatic heterocycles. The Hall–Kier alpha value is -5.37. The Balaban J connectivity index is 1.40. The SMILES string of the molecule is CCC(OC(=O)c1ccc2nc(-c3ccccc3)c(-c3ccccc3)nc2c1)C(=O)Nc1ccc(C(=O)O)cc1. The van der Waals surface area contributed by atoms with Gasteiger partial charge < -0.3 is 15.2 Å². The molecule has 1 amide bonds. The molecular weight excluding hydrogens is 506 g/mol. The van der Waals surface area contributed by atoms with Gasteiger partial charge in [-0.25, -0.2) is 19.6 Å². The molecule has 4 aromatic carbocycles. The molecule has 0 saturated heterocycles. The molecule has 0 fully saturated rings. The van der Waals surface area contributed by atoms with Gasteiger partial charge in [0.25, 0.3) is 5.91 Å². The molecule has 0 aliphatic carbocycles. The first-order valence-corrected chi connectivity index (χ1v) is 12.7. The number of carboxylic acids is 1. The topological polar surface area (TPSA) is 118 Å². The summed E-state index contributed by atoms with van der Waals surface area (Å²) in [5.74, 6) is -2.25. The van der Waals surface area contributed by atoms with Gasteiger partial charge in [0, 0.05) is 16.8 Å². The van der Waals surface area contributed by atoms with E-state index in [4.69, 9.17) is 19.8 Å². The molecular formula is C32H25N3O5. The fraction of sp³-hybridized carbons (Fsp3) is 0.0938. The first-order valence-electron chi connectivity index (χ1n) is 12.7. The third-order valence-corrected chi connectivity index (χ3v) is 6.31. The van der Waals surface area contributed by atoms with Crippen LogP contribution in [0.4, 0.5) is 5.69 Å². The second-order valence-electron chi connectivity index (χ2n) is 9.03. The predicted molar refractivity (Wildman–Crippen MR) is 152 cm³/mol. The molecule has 1 unspecified atom stereocenters. The minimum atomic E-state index is -1.06. The lowest BCUT2D eigenvalue weighted by atomic mass is 10.0. The summed E-state index contributed by atoms with van der Waals surface area (Å²) in [6, 6.07) is 30.1. The van der Waals surface area contributed by atoms with Gasteiger partial charge in [-0.05, 0) is 48.9 Å². The smallest absolute Gasteiger partial charge is 0.338 e. The summed E-state index contributed by atoms with van der Waals surface area (Å²) in [6.07, 6.45) is -0.801. The predicted octanol–water partition coefficient (Wildman–Crippen LogP) is 6.24. The minimum absolute atomic E-state index is 0.0992. The number of hydrogen-bond donors (Lipinski definition) is 2. The molecule has 0 spiro atoms. The number of aromatic carboxylic acids is 1. The zero-order valence-corrected chi connectivity index (χ0v) is 21.6. The summed E-state index contributed by atoms with van der Waals surface area (Å²) >= 11 is 0. The van der Waals surface area contributed by atoms with Crippen molar-refractivity contribution in [1.82, 2.24) is 9.97 Å². The third kappa shape index (κ3) is 5.71. The number of nitrogens with zero attached hydrogens (tertiary/aromatic N) is 2. The number of benzene rings is 4. The first kappa shape index (κ1) is 26.2. The number of amides is 1. The summed E-state index contributed by atoms with van der Waals surface area (Å²) in [5.41, 5.74) is 5.10. The molecule has 5 rings (SSSR count). The number of carboxylic acid groups (broad SMARTS) is 1. The van der Waals surface area contributed by atoms with Gasteiger partial charge in [0.2, 0.25) is 0 Å². The van der Waals surface area contributed by atoms with Gasteiger partial charge >= 0.3 is 11.9 Å². The zero-order valence-electron chi connectivity index (χ0n) is 21.6. The zero-order chi connectivity index (χ0) is 28.1. The van der Waals surface area contributed by atoms with E-state index in [2.05, 4.69) is 5.32 Å². The summed E-state index contributed by atoms with van der Waals surface area (Å²) in [6.45, 7) is 1.73. The highest BCUT2D eigenvalue weighted by molar-refractivity contribution is 5.99. The van der Waals surface area contributed by atoms with Crippen molar-refractivity contribution >= 4 is 34.6 Å². The average molecular weight is 532 g/mol. The lowest BCUT2D eigenvalue weighted by molar-refractivity contribution is -0.124. The van der Waals surface area contributed by atoms with E-state index in [0.29, 0.717) is 22.4 Å². The van der Waals surface area contributed by atoms with E-state index < -0.39 is 23.9 Å². The van der Waals surface area contributed by atoms with Crippen molar-refractivity contribution in [3.63, 3.8) is 0 Å². The Labute approximate surface area is 230 Å². The summed E-state index contributed by atoms with van der Waals surface area (Å²) in [4.78, 5) is 46.7. The van der Waals surface area contributed by atoms with Gasteiger partial charge in [-0.15, -0.1) is 0 Å². The first-order chi connectivity index (χ1) is 19.4. The number of carbonyl (C=O) groups is 3. The van der Waals surface area contributed by atoms with E-state index in [1.165, 1.54) is 24.3 Å². The number of fused-ring (bicyclic) bond motifs is 1. The number of esters is 1. The molecule has 0 aliphatic heterocycles. The van der Waals surface area contributed by atoms with Crippen LogP contribution in [0, 0.1) is 0 Å². The van der Waals surface area contributed by atoms with Crippen LogP contribution in [-0.4, -0.2) is 39.0 Å². The lowest BCUT2D eigenvalue weighted by Crippen LogP contribution is -2.32. The number of hydrogen-bond acceptors (Lipinski definition) is 6. The molecule has 8 heteroatoms. The van der Waals surface area contributed by atoms with Crippen LogP contribution in [0.25, 0.3) is 33.5 Å². The van der Waals surface area contributed by atoms with E-state index >= 15 is 0 Å². The average Bonchev–Trinajstić information content (AvgIpc) is 2.99. The van der Waals surface area contributed by atoms with Gasteiger partial charge in [0.1, 0.15) is 0 Å².